The Hall–Kier alpha value is -0.200. The van der Waals surface area contributed by atoms with Gasteiger partial charge < -0.3 is 0 Å². The number of carbonyl (C=O) groups is 1. The van der Waals surface area contributed by atoms with Crippen LogP contribution in [-0.2, 0) is 4.79 Å². The summed E-state index contributed by atoms with van der Waals surface area (Å²) in [5, 5.41) is 9.40. The van der Waals surface area contributed by atoms with Gasteiger partial charge in [0.25, 0.3) is 0 Å². The summed E-state index contributed by atoms with van der Waals surface area (Å²) in [7, 11) is 0. The van der Waals surface area contributed by atoms with Gasteiger partial charge in [-0.2, -0.15) is 0 Å². The fourth-order valence-electron chi connectivity index (χ4n) is 1.33. The molecule has 0 aromatic carbocycles. The molecule has 0 radical (unpaired) electrons. The van der Waals surface area contributed by atoms with Gasteiger partial charge in [0.05, 0.1) is 0 Å². The number of ketones is 1. The minimum absolute atomic E-state index is 0.0453. The average molecular weight is 297 g/mol. The maximum atomic E-state index is 11.1. The van der Waals surface area contributed by atoms with E-state index in [1.54, 1.807) is 13.0 Å². The Morgan fingerprint density at radius 3 is 2.85 bits per heavy atom. The second kappa shape index (κ2) is 4.34. The van der Waals surface area contributed by atoms with E-state index in [0.717, 1.165) is 0 Å². The Labute approximate surface area is 90.4 Å². The van der Waals surface area contributed by atoms with E-state index < -0.39 is 21.4 Å². The van der Waals surface area contributed by atoms with Crippen LogP contribution in [0.25, 0.3) is 0 Å². The second-order valence-corrected chi connectivity index (χ2v) is 12.2. The maximum absolute atomic E-state index is 11.1. The van der Waals surface area contributed by atoms with Crippen LogP contribution in [-0.4, -0.2) is 27.2 Å². The number of halogens is 1. The first-order chi connectivity index (χ1) is 6.07. The van der Waals surface area contributed by atoms with Crippen LogP contribution in [0.2, 0.25) is 3.67 Å². The van der Waals surface area contributed by atoms with Crippen LogP contribution >= 0.6 is 11.6 Å². The van der Waals surface area contributed by atoms with Gasteiger partial charge in [0, 0.05) is 0 Å². The molecule has 0 spiro atoms. The molecule has 0 aromatic rings. The molecule has 0 bridgehead atoms. The zero-order valence-electron chi connectivity index (χ0n) is 7.54. The van der Waals surface area contributed by atoms with Crippen molar-refractivity contribution in [3.05, 3.63) is 18.3 Å². The molecule has 4 heteroatoms. The Bertz CT molecular complexity index is 340. The van der Waals surface area contributed by atoms with Crippen molar-refractivity contribution >= 4 is 38.8 Å². The fraction of sp³-hybridized carbons (Fsp3) is 0.333. The van der Waals surface area contributed by atoms with Gasteiger partial charge in [-0.25, -0.2) is 0 Å². The quantitative estimate of drug-likeness (QED) is 0.783. The summed E-state index contributed by atoms with van der Waals surface area (Å²) in [5.41, 5.74) is 0. The predicted octanol–water partition coefficient (Wildman–Crippen LogP) is 2.12. The predicted molar refractivity (Wildman–Crippen MR) is 53.5 cm³/mol. The normalized spacial score (nSPS) is 17.5. The van der Waals surface area contributed by atoms with Crippen molar-refractivity contribution in [3.63, 3.8) is 0 Å². The van der Waals surface area contributed by atoms with Crippen LogP contribution in [0.1, 0.15) is 13.8 Å². The molecule has 1 aliphatic heterocycles. The van der Waals surface area contributed by atoms with Crippen molar-refractivity contribution in [1.82, 2.24) is 0 Å². The molecular weight excluding hydrogens is 288 g/mol. The number of carbonyl (C=O) groups excluding carboxylic acids is 1. The van der Waals surface area contributed by atoms with E-state index in [1.807, 2.05) is 10.8 Å². The van der Waals surface area contributed by atoms with Crippen LogP contribution in [0.15, 0.2) is 18.3 Å². The van der Waals surface area contributed by atoms with Crippen molar-refractivity contribution in [3.8, 4) is 6.07 Å². The van der Waals surface area contributed by atoms with Crippen molar-refractivity contribution in [1.29, 1.82) is 5.26 Å². The summed E-state index contributed by atoms with van der Waals surface area (Å²) in [6, 6.07) is 2.13. The molecule has 0 saturated heterocycles. The van der Waals surface area contributed by atoms with Gasteiger partial charge in [0.15, 0.2) is 0 Å². The molecule has 0 aliphatic carbocycles. The summed E-state index contributed by atoms with van der Waals surface area (Å²) < 4.78 is 2.78. The first-order valence-corrected chi connectivity index (χ1v) is 9.89. The number of Topliss-reactive ketones (excluding diaryl/α,β-unsaturated/α-hetero) is 1. The molecule has 1 rings (SSSR count). The standard InChI is InChI=1S/C5H2ClN.C4H7O.In/c1-2-5(6)3-4-7;1-3-4(2)5;/h1-2H;3H,1-2H3;. The monoisotopic (exact) mass is 297 g/mol. The summed E-state index contributed by atoms with van der Waals surface area (Å²) in [4.78, 5) is 11.1. The van der Waals surface area contributed by atoms with E-state index in [-0.39, 0.29) is 9.46 Å². The van der Waals surface area contributed by atoms with Crippen molar-refractivity contribution in [2.75, 3.05) is 0 Å². The summed E-state index contributed by atoms with van der Waals surface area (Å²) in [6.45, 7) is 3.48. The minimum atomic E-state index is -2.28. The van der Waals surface area contributed by atoms with Gasteiger partial charge >= 0.3 is 90.7 Å². The Balaban J connectivity index is 2.93. The number of nitrogens with zero attached hydrogens (tertiary/aromatic N) is 1. The first kappa shape index (κ1) is 10.9. The topological polar surface area (TPSA) is 40.9 Å². The zero-order chi connectivity index (χ0) is 10.0. The van der Waals surface area contributed by atoms with E-state index in [9.17, 15) is 4.79 Å². The molecule has 1 atom stereocenters. The van der Waals surface area contributed by atoms with Gasteiger partial charge in [0.2, 0.25) is 0 Å². The molecule has 0 aromatic heterocycles. The third-order valence-corrected chi connectivity index (χ3v) is 12.5. The number of nitriles is 1. The van der Waals surface area contributed by atoms with Gasteiger partial charge in [-0.3, -0.25) is 0 Å². The van der Waals surface area contributed by atoms with Gasteiger partial charge in [-0.1, -0.05) is 0 Å². The molecule has 13 heavy (non-hydrogen) atoms. The summed E-state index contributed by atoms with van der Waals surface area (Å²) in [6.07, 6.45) is 1.78. The van der Waals surface area contributed by atoms with Gasteiger partial charge in [-0.05, 0) is 0 Å². The summed E-state index contributed by atoms with van der Waals surface area (Å²) in [5.74, 6) is 0.171. The van der Waals surface area contributed by atoms with Crippen molar-refractivity contribution < 1.29 is 4.79 Å². The molecule has 0 amide bonds. The van der Waals surface area contributed by atoms with E-state index in [4.69, 9.17) is 16.9 Å². The third-order valence-electron chi connectivity index (χ3n) is 2.34. The number of allylic oxidation sites excluding steroid dienone is 3. The molecule has 1 aliphatic rings. The van der Waals surface area contributed by atoms with Crippen molar-refractivity contribution in [2.45, 2.75) is 17.5 Å². The van der Waals surface area contributed by atoms with Gasteiger partial charge in [0.1, 0.15) is 0 Å². The van der Waals surface area contributed by atoms with Crippen LogP contribution in [0, 0.1) is 11.3 Å². The Morgan fingerprint density at radius 2 is 2.38 bits per heavy atom. The SMILES string of the molecule is CC(=O)[CH](C)[In]1[CH]=CC(Cl)=[C]1C#N. The molecule has 1 unspecified atom stereocenters. The molecule has 0 saturated carbocycles. The number of hydrogen-bond donors (Lipinski definition) is 0. The van der Waals surface area contributed by atoms with E-state index >= 15 is 0 Å². The Morgan fingerprint density at radius 1 is 1.77 bits per heavy atom. The number of rotatable bonds is 2. The first-order valence-electron chi connectivity index (χ1n) is 4.06. The molecule has 66 valence electrons. The van der Waals surface area contributed by atoms with E-state index in [1.165, 1.54) is 0 Å². The average Bonchev–Trinajstić information content (AvgIpc) is 2.45. The molecule has 2 nitrogen and oxygen atoms in total. The van der Waals surface area contributed by atoms with Crippen LogP contribution < -0.4 is 0 Å². The van der Waals surface area contributed by atoms with Gasteiger partial charge in [-0.15, -0.1) is 0 Å². The third kappa shape index (κ3) is 2.18. The van der Waals surface area contributed by atoms with E-state index in [2.05, 4.69) is 6.07 Å². The summed E-state index contributed by atoms with van der Waals surface area (Å²) >= 11 is 3.56. The van der Waals surface area contributed by atoms with Crippen molar-refractivity contribution in [2.24, 2.45) is 0 Å². The molecule has 0 fully saturated rings. The second-order valence-electron chi connectivity index (χ2n) is 3.16. The molecule has 1 heterocycles. The fourth-order valence-corrected chi connectivity index (χ4v) is 9.76. The molecular formula is C9H9ClInNO. The van der Waals surface area contributed by atoms with Crippen LogP contribution in [0.4, 0.5) is 0 Å². The number of hydrogen-bond acceptors (Lipinski definition) is 2. The van der Waals surface area contributed by atoms with Crippen LogP contribution in [0.5, 0.6) is 0 Å². The molecule has 0 N–H and O–H groups in total. The Kier molecular flexibility index (Phi) is 3.64. The van der Waals surface area contributed by atoms with E-state index in [0.29, 0.717) is 8.36 Å². The van der Waals surface area contributed by atoms with Crippen LogP contribution in [0.3, 0.4) is 0 Å². The zero-order valence-corrected chi connectivity index (χ0v) is 11.6.